The molecular formula is C14H17N3O2. The zero-order chi connectivity index (χ0) is 13.8. The summed E-state index contributed by atoms with van der Waals surface area (Å²) in [4.78, 5) is 6.22. The summed E-state index contributed by atoms with van der Waals surface area (Å²) in [5.41, 5.74) is 1.80. The smallest absolute Gasteiger partial charge is 0.157 e. The van der Waals surface area contributed by atoms with E-state index in [2.05, 4.69) is 10.3 Å². The van der Waals surface area contributed by atoms with Gasteiger partial charge >= 0.3 is 0 Å². The van der Waals surface area contributed by atoms with Gasteiger partial charge in [-0.1, -0.05) is 6.07 Å². The van der Waals surface area contributed by atoms with E-state index in [-0.39, 0.29) is 11.5 Å². The topological polar surface area (TPSA) is 68.6 Å². The largest absolute Gasteiger partial charge is 0.504 e. The fourth-order valence-corrected chi connectivity index (χ4v) is 1.77. The molecule has 1 aromatic heterocycles. The maximum Gasteiger partial charge on any atom is 0.157 e. The number of hydrogen-bond donors (Lipinski definition) is 3. The molecule has 0 radical (unpaired) electrons. The lowest BCUT2D eigenvalue weighted by atomic mass is 10.2. The molecule has 0 fully saturated rings. The molecule has 0 spiro atoms. The van der Waals surface area contributed by atoms with Crippen LogP contribution in [0.3, 0.4) is 0 Å². The van der Waals surface area contributed by atoms with E-state index < -0.39 is 0 Å². The molecule has 5 nitrogen and oxygen atoms in total. The molecule has 3 N–H and O–H groups in total. The first-order valence-corrected chi connectivity index (χ1v) is 5.95. The standard InChI is InChI=1S/C14H17N3O2/c1-17(2)14-11(4-3-7-15-14)16-9-10-5-6-12(18)13(19)8-10/h3-8,16,18-19H,9H2,1-2H3. The molecule has 0 saturated carbocycles. The van der Waals surface area contributed by atoms with Crippen molar-refractivity contribution >= 4 is 11.5 Å². The third-order valence-electron chi connectivity index (χ3n) is 2.73. The van der Waals surface area contributed by atoms with Crippen molar-refractivity contribution in [2.24, 2.45) is 0 Å². The molecule has 0 unspecified atom stereocenters. The van der Waals surface area contributed by atoms with Gasteiger partial charge in [0.05, 0.1) is 5.69 Å². The Morgan fingerprint density at radius 2 is 1.95 bits per heavy atom. The molecule has 19 heavy (non-hydrogen) atoms. The Morgan fingerprint density at radius 1 is 1.16 bits per heavy atom. The normalized spacial score (nSPS) is 10.2. The highest BCUT2D eigenvalue weighted by Crippen LogP contribution is 2.26. The minimum absolute atomic E-state index is 0.112. The quantitative estimate of drug-likeness (QED) is 0.734. The van der Waals surface area contributed by atoms with Crippen molar-refractivity contribution in [3.8, 4) is 11.5 Å². The van der Waals surface area contributed by atoms with Crippen LogP contribution in [-0.2, 0) is 6.54 Å². The molecule has 0 saturated heterocycles. The second-order valence-electron chi connectivity index (χ2n) is 4.45. The number of phenolic OH excluding ortho intramolecular Hbond substituents is 2. The third kappa shape index (κ3) is 3.07. The Morgan fingerprint density at radius 3 is 2.63 bits per heavy atom. The number of aromatic nitrogens is 1. The summed E-state index contributed by atoms with van der Waals surface area (Å²) in [6, 6.07) is 8.58. The molecule has 0 amide bonds. The Kier molecular flexibility index (Phi) is 3.75. The Hall–Kier alpha value is -2.43. The molecule has 0 aliphatic rings. The number of nitrogens with zero attached hydrogens (tertiary/aromatic N) is 2. The maximum atomic E-state index is 9.44. The summed E-state index contributed by atoms with van der Waals surface area (Å²) in [5.74, 6) is 0.628. The molecule has 2 aromatic rings. The van der Waals surface area contributed by atoms with Crippen molar-refractivity contribution in [2.75, 3.05) is 24.3 Å². The number of nitrogens with one attached hydrogen (secondary N) is 1. The Labute approximate surface area is 112 Å². The fourth-order valence-electron chi connectivity index (χ4n) is 1.77. The second kappa shape index (κ2) is 5.48. The van der Waals surface area contributed by atoms with E-state index >= 15 is 0 Å². The lowest BCUT2D eigenvalue weighted by Gasteiger charge is -2.17. The van der Waals surface area contributed by atoms with E-state index in [4.69, 9.17) is 0 Å². The highest BCUT2D eigenvalue weighted by atomic mass is 16.3. The van der Waals surface area contributed by atoms with Crippen molar-refractivity contribution < 1.29 is 10.2 Å². The van der Waals surface area contributed by atoms with Gasteiger partial charge in [-0.25, -0.2) is 4.98 Å². The number of aromatic hydroxyl groups is 2. The Bertz CT molecular complexity index is 570. The maximum absolute atomic E-state index is 9.44. The first kappa shape index (κ1) is 13.0. The first-order valence-electron chi connectivity index (χ1n) is 5.95. The van der Waals surface area contributed by atoms with E-state index in [1.165, 1.54) is 12.1 Å². The molecule has 2 rings (SSSR count). The zero-order valence-corrected chi connectivity index (χ0v) is 11.0. The average Bonchev–Trinajstić information content (AvgIpc) is 2.40. The number of phenols is 2. The van der Waals surface area contributed by atoms with Crippen molar-refractivity contribution in [1.29, 1.82) is 0 Å². The van der Waals surface area contributed by atoms with Crippen LogP contribution in [0.15, 0.2) is 36.5 Å². The predicted molar refractivity (Wildman–Crippen MR) is 75.7 cm³/mol. The van der Waals surface area contributed by atoms with Gasteiger partial charge in [-0.15, -0.1) is 0 Å². The van der Waals surface area contributed by atoms with E-state index in [1.54, 1.807) is 12.3 Å². The summed E-state index contributed by atoms with van der Waals surface area (Å²) < 4.78 is 0. The van der Waals surface area contributed by atoms with E-state index in [0.717, 1.165) is 17.1 Å². The van der Waals surface area contributed by atoms with E-state index in [0.29, 0.717) is 6.54 Å². The summed E-state index contributed by atoms with van der Waals surface area (Å²) in [6.45, 7) is 0.542. The Balaban J connectivity index is 2.12. The minimum Gasteiger partial charge on any atom is -0.504 e. The number of anilines is 2. The van der Waals surface area contributed by atoms with Gasteiger partial charge in [0, 0.05) is 26.8 Å². The predicted octanol–water partition coefficient (Wildman–Crippen LogP) is 2.17. The van der Waals surface area contributed by atoms with Crippen LogP contribution in [0.2, 0.25) is 0 Å². The van der Waals surface area contributed by atoms with E-state index in [1.807, 2.05) is 31.1 Å². The van der Waals surface area contributed by atoms with Crippen molar-refractivity contribution in [3.63, 3.8) is 0 Å². The highest BCUT2D eigenvalue weighted by Gasteiger charge is 2.05. The van der Waals surface area contributed by atoms with Crippen LogP contribution < -0.4 is 10.2 Å². The minimum atomic E-state index is -0.113. The van der Waals surface area contributed by atoms with Gasteiger partial charge in [-0.3, -0.25) is 0 Å². The number of hydrogen-bond acceptors (Lipinski definition) is 5. The van der Waals surface area contributed by atoms with Gasteiger partial charge in [0.2, 0.25) is 0 Å². The van der Waals surface area contributed by atoms with Crippen LogP contribution in [0, 0.1) is 0 Å². The molecule has 100 valence electrons. The van der Waals surface area contributed by atoms with Crippen molar-refractivity contribution in [1.82, 2.24) is 4.98 Å². The van der Waals surface area contributed by atoms with Gasteiger partial charge in [-0.05, 0) is 29.8 Å². The first-order chi connectivity index (χ1) is 9.08. The molecular weight excluding hydrogens is 242 g/mol. The fraction of sp³-hybridized carbons (Fsp3) is 0.214. The monoisotopic (exact) mass is 259 g/mol. The molecule has 0 aliphatic carbocycles. The second-order valence-corrected chi connectivity index (χ2v) is 4.45. The summed E-state index contributed by atoms with van der Waals surface area (Å²) in [5, 5.41) is 22.0. The van der Waals surface area contributed by atoms with E-state index in [9.17, 15) is 10.2 Å². The van der Waals surface area contributed by atoms with Crippen LogP contribution >= 0.6 is 0 Å². The zero-order valence-electron chi connectivity index (χ0n) is 11.0. The van der Waals surface area contributed by atoms with Crippen LogP contribution in [-0.4, -0.2) is 29.3 Å². The molecule has 0 atom stereocenters. The molecule has 0 bridgehead atoms. The summed E-state index contributed by atoms with van der Waals surface area (Å²) in [7, 11) is 3.86. The third-order valence-corrected chi connectivity index (χ3v) is 2.73. The molecule has 1 heterocycles. The van der Waals surface area contributed by atoms with Crippen molar-refractivity contribution in [3.05, 3.63) is 42.1 Å². The van der Waals surface area contributed by atoms with Gasteiger partial charge in [-0.2, -0.15) is 0 Å². The van der Waals surface area contributed by atoms with Gasteiger partial charge in [0.15, 0.2) is 17.3 Å². The van der Waals surface area contributed by atoms with Crippen LogP contribution in [0.5, 0.6) is 11.5 Å². The SMILES string of the molecule is CN(C)c1ncccc1NCc1ccc(O)c(O)c1. The number of benzene rings is 1. The summed E-state index contributed by atoms with van der Waals surface area (Å²) in [6.07, 6.45) is 1.74. The van der Waals surface area contributed by atoms with Crippen molar-refractivity contribution in [2.45, 2.75) is 6.54 Å². The summed E-state index contributed by atoms with van der Waals surface area (Å²) >= 11 is 0. The van der Waals surface area contributed by atoms with Gasteiger partial charge in [0.25, 0.3) is 0 Å². The molecule has 0 aliphatic heterocycles. The molecule has 1 aromatic carbocycles. The van der Waals surface area contributed by atoms with Gasteiger partial charge in [0.1, 0.15) is 0 Å². The average molecular weight is 259 g/mol. The highest BCUT2D eigenvalue weighted by molar-refractivity contribution is 5.64. The number of pyridine rings is 1. The molecule has 5 heteroatoms. The lowest BCUT2D eigenvalue weighted by Crippen LogP contribution is -2.13. The number of rotatable bonds is 4. The van der Waals surface area contributed by atoms with Crippen LogP contribution in [0.1, 0.15) is 5.56 Å². The van der Waals surface area contributed by atoms with Crippen LogP contribution in [0.25, 0.3) is 0 Å². The lowest BCUT2D eigenvalue weighted by molar-refractivity contribution is 0.403. The van der Waals surface area contributed by atoms with Gasteiger partial charge < -0.3 is 20.4 Å². The van der Waals surface area contributed by atoms with Crippen LogP contribution in [0.4, 0.5) is 11.5 Å².